The third-order valence-electron chi connectivity index (χ3n) is 6.26. The van der Waals surface area contributed by atoms with Crippen LogP contribution in [0.3, 0.4) is 0 Å². The molecule has 0 unspecified atom stereocenters. The fourth-order valence-corrected chi connectivity index (χ4v) is 5.32. The monoisotopic (exact) mass is 548 g/mol. The molecule has 0 aliphatic carbocycles. The average Bonchev–Trinajstić information content (AvgIpc) is 3.67. The largest absolute Gasteiger partial charge is 0.358 e. The molecule has 40 heavy (non-hydrogen) atoms. The van der Waals surface area contributed by atoms with Crippen molar-refractivity contribution in [3.8, 4) is 22.1 Å². The number of aromatic nitrogens is 6. The van der Waals surface area contributed by atoms with Gasteiger partial charge in [-0.25, -0.2) is 9.97 Å². The molecule has 0 bridgehead atoms. The van der Waals surface area contributed by atoms with Crippen LogP contribution in [0.15, 0.2) is 85.9 Å². The zero-order valence-corrected chi connectivity index (χ0v) is 24.0. The number of pyridine rings is 2. The van der Waals surface area contributed by atoms with Crippen molar-refractivity contribution >= 4 is 44.5 Å². The van der Waals surface area contributed by atoms with Gasteiger partial charge in [-0.05, 0) is 81.6 Å². The number of allylic oxidation sites excluding steroid dienone is 5. The smallest absolute Gasteiger partial charge is 0.161 e. The normalized spacial score (nSPS) is 12.4. The molecule has 0 aliphatic heterocycles. The van der Waals surface area contributed by atoms with Gasteiger partial charge < -0.3 is 15.2 Å². The first kappa shape index (κ1) is 27.0. The summed E-state index contributed by atoms with van der Waals surface area (Å²) in [5, 5.41) is 11.0. The van der Waals surface area contributed by atoms with E-state index in [1.54, 1.807) is 23.6 Å². The molecule has 5 aromatic heterocycles. The SMILES string of the molecule is C=C/C(=C\C(=C/C)c1ccc2[nH]nc(-c3nc4c(-c5ccc(C(=C)C)s5)nccc4[nH]3)c2n1)NC(=C)CN(C)C. The Labute approximate surface area is 237 Å². The highest BCUT2D eigenvalue weighted by molar-refractivity contribution is 7.16. The number of H-pyrrole nitrogens is 2. The van der Waals surface area contributed by atoms with Crippen LogP contribution in [0.5, 0.6) is 0 Å². The summed E-state index contributed by atoms with van der Waals surface area (Å²) in [5.41, 5.74) is 9.19. The zero-order chi connectivity index (χ0) is 28.4. The van der Waals surface area contributed by atoms with Crippen molar-refractivity contribution in [2.45, 2.75) is 13.8 Å². The number of likely N-dealkylation sites (N-methyl/N-ethyl adjacent to an activating group) is 1. The summed E-state index contributed by atoms with van der Waals surface area (Å²) in [7, 11) is 4.01. The van der Waals surface area contributed by atoms with Crippen LogP contribution in [0.4, 0.5) is 0 Å². The molecule has 9 heteroatoms. The van der Waals surface area contributed by atoms with Gasteiger partial charge in [0.25, 0.3) is 0 Å². The van der Waals surface area contributed by atoms with Crippen LogP contribution < -0.4 is 5.32 Å². The Balaban J connectivity index is 1.52. The first-order valence-electron chi connectivity index (χ1n) is 12.8. The van der Waals surface area contributed by atoms with Crippen molar-refractivity contribution in [2.24, 2.45) is 0 Å². The van der Waals surface area contributed by atoms with E-state index in [0.717, 1.165) is 72.3 Å². The van der Waals surface area contributed by atoms with Gasteiger partial charge in [0.05, 0.1) is 21.6 Å². The van der Waals surface area contributed by atoms with Crippen LogP contribution in [0, 0.1) is 0 Å². The highest BCUT2D eigenvalue weighted by Crippen LogP contribution is 2.35. The minimum absolute atomic E-state index is 0.628. The van der Waals surface area contributed by atoms with E-state index in [4.69, 9.17) is 9.97 Å². The van der Waals surface area contributed by atoms with Gasteiger partial charge in [0.15, 0.2) is 11.5 Å². The maximum Gasteiger partial charge on any atom is 0.161 e. The number of imidazole rings is 1. The van der Waals surface area contributed by atoms with Gasteiger partial charge in [-0.1, -0.05) is 25.8 Å². The van der Waals surface area contributed by atoms with Gasteiger partial charge in [0.2, 0.25) is 0 Å². The fraction of sp³-hybridized carbons (Fsp3) is 0.161. The van der Waals surface area contributed by atoms with E-state index in [9.17, 15) is 0 Å². The highest BCUT2D eigenvalue weighted by atomic mass is 32.1. The molecule has 8 nitrogen and oxygen atoms in total. The lowest BCUT2D eigenvalue weighted by Gasteiger charge is -2.15. The number of hydrogen-bond acceptors (Lipinski definition) is 7. The summed E-state index contributed by atoms with van der Waals surface area (Å²) >= 11 is 1.66. The predicted molar refractivity (Wildman–Crippen MR) is 168 cm³/mol. The van der Waals surface area contributed by atoms with E-state index in [1.807, 2.05) is 58.3 Å². The third-order valence-corrected chi connectivity index (χ3v) is 7.51. The maximum absolute atomic E-state index is 4.99. The molecule has 0 aromatic carbocycles. The second-order valence-electron chi connectivity index (χ2n) is 9.76. The fourth-order valence-electron chi connectivity index (χ4n) is 4.39. The number of nitrogens with zero attached hydrogens (tertiary/aromatic N) is 5. The van der Waals surface area contributed by atoms with Crippen molar-refractivity contribution in [3.05, 3.63) is 96.5 Å². The van der Waals surface area contributed by atoms with Crippen molar-refractivity contribution in [1.82, 2.24) is 40.3 Å². The molecule has 5 rings (SSSR count). The van der Waals surface area contributed by atoms with Crippen molar-refractivity contribution < 1.29 is 0 Å². The van der Waals surface area contributed by atoms with Crippen LogP contribution >= 0.6 is 11.3 Å². The number of hydrogen-bond donors (Lipinski definition) is 3. The second-order valence-corrected chi connectivity index (χ2v) is 10.8. The van der Waals surface area contributed by atoms with Gasteiger partial charge >= 0.3 is 0 Å². The third kappa shape index (κ3) is 5.42. The topological polar surface area (TPSA) is 98.4 Å². The summed E-state index contributed by atoms with van der Waals surface area (Å²) in [6.07, 6.45) is 7.61. The summed E-state index contributed by atoms with van der Waals surface area (Å²) in [5.74, 6) is 0.628. The Morgan fingerprint density at radius 3 is 2.55 bits per heavy atom. The van der Waals surface area contributed by atoms with E-state index in [1.165, 1.54) is 0 Å². The lowest BCUT2D eigenvalue weighted by molar-refractivity contribution is 0.438. The lowest BCUT2D eigenvalue weighted by Crippen LogP contribution is -2.23. The quantitative estimate of drug-likeness (QED) is 0.166. The molecule has 0 saturated carbocycles. The molecule has 5 heterocycles. The van der Waals surface area contributed by atoms with Gasteiger partial charge in [0.1, 0.15) is 16.7 Å². The van der Waals surface area contributed by atoms with Gasteiger partial charge in [-0.3, -0.25) is 10.1 Å². The van der Waals surface area contributed by atoms with Gasteiger partial charge in [0, 0.05) is 29.0 Å². The van der Waals surface area contributed by atoms with Gasteiger partial charge in [-0.15, -0.1) is 11.3 Å². The molecule has 0 saturated heterocycles. The van der Waals surface area contributed by atoms with E-state index in [-0.39, 0.29) is 0 Å². The van der Waals surface area contributed by atoms with Crippen LogP contribution in [0.25, 0.3) is 55.3 Å². The van der Waals surface area contributed by atoms with Gasteiger partial charge in [-0.2, -0.15) is 5.10 Å². The summed E-state index contributed by atoms with van der Waals surface area (Å²) in [6, 6.07) is 10.0. The second kappa shape index (κ2) is 11.3. The van der Waals surface area contributed by atoms with Crippen LogP contribution in [-0.2, 0) is 0 Å². The maximum atomic E-state index is 4.99. The Morgan fingerprint density at radius 2 is 1.85 bits per heavy atom. The minimum Gasteiger partial charge on any atom is -0.358 e. The molecule has 202 valence electrons. The van der Waals surface area contributed by atoms with Crippen LogP contribution in [0.2, 0.25) is 0 Å². The van der Waals surface area contributed by atoms with Crippen molar-refractivity contribution in [1.29, 1.82) is 0 Å². The first-order valence-corrected chi connectivity index (χ1v) is 13.7. The molecule has 5 aromatic rings. The highest BCUT2D eigenvalue weighted by Gasteiger charge is 2.18. The Kier molecular flexibility index (Phi) is 7.59. The summed E-state index contributed by atoms with van der Waals surface area (Å²) in [6.45, 7) is 16.8. The van der Waals surface area contributed by atoms with E-state index >= 15 is 0 Å². The van der Waals surface area contributed by atoms with E-state index in [0.29, 0.717) is 11.5 Å². The average molecular weight is 549 g/mol. The molecule has 0 fully saturated rings. The summed E-state index contributed by atoms with van der Waals surface area (Å²) < 4.78 is 0. The van der Waals surface area contributed by atoms with E-state index in [2.05, 4.69) is 62.3 Å². The first-order chi connectivity index (χ1) is 19.3. The molecule has 0 aliphatic rings. The molecule has 3 N–H and O–H groups in total. The van der Waals surface area contributed by atoms with Crippen LogP contribution in [0.1, 0.15) is 24.4 Å². The molecular formula is C31H32N8S. The zero-order valence-electron chi connectivity index (χ0n) is 23.2. The Bertz CT molecular complexity index is 1810. The van der Waals surface area contributed by atoms with Crippen molar-refractivity contribution in [2.75, 3.05) is 20.6 Å². The number of rotatable bonds is 10. The minimum atomic E-state index is 0.628. The van der Waals surface area contributed by atoms with Crippen molar-refractivity contribution in [3.63, 3.8) is 0 Å². The molecule has 0 radical (unpaired) electrons. The van der Waals surface area contributed by atoms with E-state index < -0.39 is 0 Å². The number of aromatic amines is 2. The Hall–Kier alpha value is -4.60. The molecule has 0 spiro atoms. The predicted octanol–water partition coefficient (Wildman–Crippen LogP) is 6.80. The Morgan fingerprint density at radius 1 is 1.05 bits per heavy atom. The lowest BCUT2D eigenvalue weighted by atomic mass is 10.1. The molecule has 0 atom stereocenters. The molecular weight excluding hydrogens is 516 g/mol. The summed E-state index contributed by atoms with van der Waals surface area (Å²) in [4.78, 5) is 22.2. The molecule has 0 amide bonds. The standard InChI is InChI=1S/C31H32N8S/c1-8-20(16-21(9-2)33-19(5)17-39(6)7)22-10-11-24-28(34-22)30(38-37-24)31-35-23-14-15-32-29(27(23)36-31)26-13-12-25(40-26)18(3)4/h8-16,33H,2-3,5,17H2,1,4,6-7H3,(H,35,36)(H,37,38)/b20-8+,21-16+. The number of fused-ring (bicyclic) bond motifs is 2. The number of nitrogens with one attached hydrogen (secondary N) is 3. The van der Waals surface area contributed by atoms with Crippen LogP contribution in [-0.4, -0.2) is 55.7 Å². The number of thiophene rings is 1.